The normalized spacial score (nSPS) is 23.3. The fourth-order valence-corrected chi connectivity index (χ4v) is 4.91. The van der Waals surface area contributed by atoms with E-state index in [1.54, 1.807) is 19.2 Å². The molecule has 166 valence electrons. The highest BCUT2D eigenvalue weighted by molar-refractivity contribution is 7.90. The third-order valence-corrected chi connectivity index (χ3v) is 7.20. The topological polar surface area (TPSA) is 82.1 Å². The average molecular weight is 446 g/mol. The number of para-hydroxylation sites is 1. The van der Waals surface area contributed by atoms with Crippen molar-refractivity contribution >= 4 is 15.7 Å². The third-order valence-electron chi connectivity index (χ3n) is 6.08. The van der Waals surface area contributed by atoms with Crippen LogP contribution in [0.4, 0.5) is 0 Å². The second-order valence-electron chi connectivity index (χ2n) is 8.03. The Morgan fingerprint density at radius 2 is 1.81 bits per heavy atom. The molecular formula is C23H27NO6S. The summed E-state index contributed by atoms with van der Waals surface area (Å²) in [6.45, 7) is 2.60. The van der Waals surface area contributed by atoms with E-state index in [-0.39, 0.29) is 16.7 Å². The number of ether oxygens (including phenoxy) is 3. The van der Waals surface area contributed by atoms with E-state index in [1.807, 2.05) is 29.2 Å². The molecule has 2 atom stereocenters. The molecule has 0 unspecified atom stereocenters. The van der Waals surface area contributed by atoms with Crippen LogP contribution >= 0.6 is 0 Å². The maximum atomic E-state index is 13.6. The van der Waals surface area contributed by atoms with Crippen molar-refractivity contribution in [2.45, 2.75) is 16.7 Å². The first kappa shape index (κ1) is 21.6. The summed E-state index contributed by atoms with van der Waals surface area (Å²) in [7, 11) is -1.64. The Labute approximate surface area is 182 Å². The number of sulfone groups is 1. The van der Waals surface area contributed by atoms with Crippen molar-refractivity contribution in [1.82, 2.24) is 4.90 Å². The van der Waals surface area contributed by atoms with Gasteiger partial charge in [0.05, 0.1) is 37.2 Å². The van der Waals surface area contributed by atoms with Crippen molar-refractivity contribution in [2.24, 2.45) is 5.92 Å². The minimum Gasteiger partial charge on any atom is -0.496 e. The van der Waals surface area contributed by atoms with Crippen molar-refractivity contribution in [3.05, 3.63) is 54.1 Å². The van der Waals surface area contributed by atoms with Gasteiger partial charge >= 0.3 is 0 Å². The molecule has 0 spiro atoms. The summed E-state index contributed by atoms with van der Waals surface area (Å²) < 4.78 is 40.2. The zero-order valence-electron chi connectivity index (χ0n) is 17.7. The van der Waals surface area contributed by atoms with Gasteiger partial charge in [0.2, 0.25) is 5.91 Å². The SMILES string of the molecule is COc1ccccc1[C@]1(C(=O)N2CCOCC2)C[C@H]1COc1ccc(S(C)(=O)=O)cc1. The molecule has 2 aromatic carbocycles. The van der Waals surface area contributed by atoms with Crippen LogP contribution in [-0.2, 0) is 24.8 Å². The van der Waals surface area contributed by atoms with Crippen LogP contribution in [0.25, 0.3) is 0 Å². The second-order valence-corrected chi connectivity index (χ2v) is 10.0. The molecule has 7 nitrogen and oxygen atoms in total. The monoisotopic (exact) mass is 445 g/mol. The first-order valence-electron chi connectivity index (χ1n) is 10.3. The third kappa shape index (κ3) is 4.27. The van der Waals surface area contributed by atoms with Crippen molar-refractivity contribution in [2.75, 3.05) is 46.3 Å². The van der Waals surface area contributed by atoms with E-state index in [2.05, 4.69) is 0 Å². The van der Waals surface area contributed by atoms with E-state index in [0.29, 0.717) is 50.8 Å². The minimum absolute atomic E-state index is 0.00581. The lowest BCUT2D eigenvalue weighted by molar-refractivity contribution is -0.138. The fourth-order valence-electron chi connectivity index (χ4n) is 4.28. The van der Waals surface area contributed by atoms with Crippen LogP contribution in [0, 0.1) is 5.92 Å². The van der Waals surface area contributed by atoms with E-state index in [0.717, 1.165) is 5.56 Å². The Kier molecular flexibility index (Phi) is 5.94. The van der Waals surface area contributed by atoms with Crippen LogP contribution in [0.5, 0.6) is 11.5 Å². The number of rotatable bonds is 7. The number of hydrogen-bond donors (Lipinski definition) is 0. The number of amides is 1. The predicted molar refractivity (Wildman–Crippen MR) is 115 cm³/mol. The Morgan fingerprint density at radius 1 is 1.13 bits per heavy atom. The number of nitrogens with zero attached hydrogens (tertiary/aromatic N) is 1. The van der Waals surface area contributed by atoms with Crippen molar-refractivity contribution in [3.8, 4) is 11.5 Å². The molecule has 0 bridgehead atoms. The van der Waals surface area contributed by atoms with E-state index < -0.39 is 15.3 Å². The smallest absolute Gasteiger partial charge is 0.233 e. The van der Waals surface area contributed by atoms with Gasteiger partial charge in [-0.15, -0.1) is 0 Å². The lowest BCUT2D eigenvalue weighted by Crippen LogP contribution is -2.46. The van der Waals surface area contributed by atoms with E-state index in [9.17, 15) is 13.2 Å². The second kappa shape index (κ2) is 8.51. The lowest BCUT2D eigenvalue weighted by atomic mass is 9.90. The van der Waals surface area contributed by atoms with Crippen LogP contribution in [0.1, 0.15) is 12.0 Å². The molecule has 1 saturated heterocycles. The predicted octanol–water partition coefficient (Wildman–Crippen LogP) is 2.29. The van der Waals surface area contributed by atoms with Crippen molar-refractivity contribution in [1.29, 1.82) is 0 Å². The molecule has 2 aliphatic rings. The fraction of sp³-hybridized carbons (Fsp3) is 0.435. The lowest BCUT2D eigenvalue weighted by Gasteiger charge is -2.32. The van der Waals surface area contributed by atoms with Gasteiger partial charge in [0.15, 0.2) is 9.84 Å². The molecule has 31 heavy (non-hydrogen) atoms. The largest absolute Gasteiger partial charge is 0.496 e. The zero-order valence-corrected chi connectivity index (χ0v) is 18.6. The van der Waals surface area contributed by atoms with Crippen molar-refractivity contribution < 1.29 is 27.4 Å². The van der Waals surface area contributed by atoms with E-state index in [4.69, 9.17) is 14.2 Å². The summed E-state index contributed by atoms with van der Waals surface area (Å²) >= 11 is 0. The number of carbonyl (C=O) groups is 1. The van der Waals surface area contributed by atoms with Crippen LogP contribution in [0.2, 0.25) is 0 Å². The van der Waals surface area contributed by atoms with Gasteiger partial charge in [-0.05, 0) is 36.8 Å². The van der Waals surface area contributed by atoms with Gasteiger partial charge in [-0.2, -0.15) is 0 Å². The molecule has 4 rings (SSSR count). The molecule has 1 aliphatic carbocycles. The summed E-state index contributed by atoms with van der Waals surface area (Å²) in [5.41, 5.74) is 0.200. The molecule has 8 heteroatoms. The Balaban J connectivity index is 1.55. The van der Waals surface area contributed by atoms with Crippen LogP contribution in [-0.4, -0.2) is 65.5 Å². The molecular weight excluding hydrogens is 418 g/mol. The van der Waals surface area contributed by atoms with Crippen LogP contribution < -0.4 is 9.47 Å². The molecule has 1 heterocycles. The summed E-state index contributed by atoms with van der Waals surface area (Å²) in [5, 5.41) is 0. The van der Waals surface area contributed by atoms with E-state index >= 15 is 0 Å². The van der Waals surface area contributed by atoms with Gasteiger partial charge in [-0.3, -0.25) is 4.79 Å². The van der Waals surface area contributed by atoms with Crippen molar-refractivity contribution in [3.63, 3.8) is 0 Å². The molecule has 2 aromatic rings. The Hall–Kier alpha value is -2.58. The number of hydrogen-bond acceptors (Lipinski definition) is 6. The molecule has 0 aromatic heterocycles. The maximum absolute atomic E-state index is 13.6. The molecule has 0 N–H and O–H groups in total. The molecule has 1 aliphatic heterocycles. The molecule has 1 saturated carbocycles. The highest BCUT2D eigenvalue weighted by atomic mass is 32.2. The molecule has 0 radical (unpaired) electrons. The summed E-state index contributed by atoms with van der Waals surface area (Å²) in [5.74, 6) is 1.35. The number of benzene rings is 2. The highest BCUT2D eigenvalue weighted by Gasteiger charge is 2.63. The quantitative estimate of drug-likeness (QED) is 0.651. The standard InChI is InChI=1S/C23H27NO6S/c1-28-21-6-4-3-5-20(21)23(22(25)24-11-13-29-14-12-24)15-17(23)16-30-18-7-9-19(10-8-18)31(2,26)27/h3-10,17H,11-16H2,1-2H3/t17-,23-/m0/s1. The minimum atomic E-state index is -3.25. The first-order valence-corrected chi connectivity index (χ1v) is 12.2. The maximum Gasteiger partial charge on any atom is 0.233 e. The summed E-state index contributed by atoms with van der Waals surface area (Å²) in [6.07, 6.45) is 1.84. The Bertz CT molecular complexity index is 1050. The summed E-state index contributed by atoms with van der Waals surface area (Å²) in [6, 6.07) is 14.0. The number of morpholine rings is 1. The average Bonchev–Trinajstić information content (AvgIpc) is 3.52. The number of carbonyl (C=O) groups excluding carboxylic acids is 1. The zero-order chi connectivity index (χ0) is 22.1. The van der Waals surface area contributed by atoms with Crippen LogP contribution in [0.3, 0.4) is 0 Å². The highest BCUT2D eigenvalue weighted by Crippen LogP contribution is 2.58. The summed E-state index contributed by atoms with van der Waals surface area (Å²) in [4.78, 5) is 15.7. The van der Waals surface area contributed by atoms with Gasteiger partial charge in [-0.1, -0.05) is 18.2 Å². The Morgan fingerprint density at radius 3 is 2.45 bits per heavy atom. The van der Waals surface area contributed by atoms with Gasteiger partial charge in [0, 0.05) is 30.8 Å². The number of methoxy groups -OCH3 is 1. The molecule has 1 amide bonds. The van der Waals surface area contributed by atoms with Gasteiger partial charge in [0.1, 0.15) is 11.5 Å². The molecule has 2 fully saturated rings. The van der Waals surface area contributed by atoms with E-state index in [1.165, 1.54) is 18.4 Å². The van der Waals surface area contributed by atoms with Gasteiger partial charge in [0.25, 0.3) is 0 Å². The first-order chi connectivity index (χ1) is 14.9. The van der Waals surface area contributed by atoms with Gasteiger partial charge in [-0.25, -0.2) is 8.42 Å². The van der Waals surface area contributed by atoms with Crippen LogP contribution in [0.15, 0.2) is 53.4 Å². The van der Waals surface area contributed by atoms with Gasteiger partial charge < -0.3 is 19.1 Å².